The number of amides is 2. The highest BCUT2D eigenvalue weighted by atomic mass is 35.5. The van der Waals surface area contributed by atoms with Crippen molar-refractivity contribution >= 4 is 42.8 Å². The molecule has 1 aromatic carbocycles. The molecule has 1 aromatic rings. The highest BCUT2D eigenvalue weighted by Crippen LogP contribution is 2.50. The van der Waals surface area contributed by atoms with Crippen LogP contribution in [-0.2, 0) is 23.2 Å². The van der Waals surface area contributed by atoms with Gasteiger partial charge in [0.05, 0.1) is 18.9 Å². The van der Waals surface area contributed by atoms with Gasteiger partial charge in [0.15, 0.2) is 0 Å². The van der Waals surface area contributed by atoms with Crippen molar-refractivity contribution in [2.45, 2.75) is 39.5 Å². The van der Waals surface area contributed by atoms with E-state index in [2.05, 4.69) is 0 Å². The van der Waals surface area contributed by atoms with E-state index in [0.29, 0.717) is 40.3 Å². The summed E-state index contributed by atoms with van der Waals surface area (Å²) >= 11 is 6.26. The van der Waals surface area contributed by atoms with E-state index in [9.17, 15) is 14.2 Å². The number of imide groups is 1. The van der Waals surface area contributed by atoms with Crippen LogP contribution in [0.3, 0.4) is 0 Å². The highest BCUT2D eigenvalue weighted by molar-refractivity contribution is 7.57. The topological polar surface area (TPSA) is 72.9 Å². The molecule has 3 rings (SSSR count). The molecule has 0 fully saturated rings. The molecule has 1 heterocycles. The molecule has 0 spiro atoms. The first-order valence-corrected chi connectivity index (χ1v) is 11.4. The quantitative estimate of drug-likeness (QED) is 0.438. The zero-order valence-corrected chi connectivity index (χ0v) is 17.6. The molecule has 0 radical (unpaired) electrons. The van der Waals surface area contributed by atoms with Gasteiger partial charge in [-0.25, -0.2) is 4.90 Å². The zero-order valence-electron chi connectivity index (χ0n) is 15.9. The first-order valence-electron chi connectivity index (χ1n) is 9.38. The van der Waals surface area contributed by atoms with Crippen LogP contribution in [0, 0.1) is 0 Å². The van der Waals surface area contributed by atoms with Gasteiger partial charge in [-0.2, -0.15) is 0 Å². The Morgan fingerprint density at radius 3 is 2.18 bits per heavy atom. The zero-order chi connectivity index (χ0) is 20.3. The fraction of sp³-hybridized carbons (Fsp3) is 0.400. The number of rotatable bonds is 7. The van der Waals surface area contributed by atoms with Crippen LogP contribution in [0.1, 0.15) is 45.1 Å². The Morgan fingerprint density at radius 1 is 1.07 bits per heavy atom. The van der Waals surface area contributed by atoms with Gasteiger partial charge >= 0.3 is 7.60 Å². The molecule has 0 saturated carbocycles. The van der Waals surface area contributed by atoms with Crippen LogP contribution in [0.2, 0.25) is 5.02 Å². The van der Waals surface area contributed by atoms with Gasteiger partial charge in [0.1, 0.15) is 0 Å². The minimum Gasteiger partial charge on any atom is -0.306 e. The van der Waals surface area contributed by atoms with Crippen LogP contribution in [0.25, 0.3) is 6.08 Å². The third kappa shape index (κ3) is 4.15. The first kappa shape index (κ1) is 21.0. The largest absolute Gasteiger partial charge is 0.354 e. The Balaban J connectivity index is 1.90. The fourth-order valence-electron chi connectivity index (χ4n) is 3.43. The summed E-state index contributed by atoms with van der Waals surface area (Å²) in [6.07, 6.45) is 4.66. The number of halogens is 1. The van der Waals surface area contributed by atoms with Gasteiger partial charge < -0.3 is 9.05 Å². The predicted octanol–water partition coefficient (Wildman–Crippen LogP) is 5.32. The third-order valence-electron chi connectivity index (χ3n) is 4.68. The maximum absolute atomic E-state index is 12.7. The molecular formula is C20H23ClNO5P. The summed E-state index contributed by atoms with van der Waals surface area (Å²) in [4.78, 5) is 26.7. The van der Waals surface area contributed by atoms with Crippen molar-refractivity contribution in [2.75, 3.05) is 18.1 Å². The van der Waals surface area contributed by atoms with Gasteiger partial charge in [-0.3, -0.25) is 14.2 Å². The summed E-state index contributed by atoms with van der Waals surface area (Å²) in [5, 5.41) is 0.399. The van der Waals surface area contributed by atoms with E-state index in [1.807, 2.05) is 0 Å². The molecule has 0 unspecified atom stereocenters. The fourth-order valence-corrected chi connectivity index (χ4v) is 4.92. The summed E-state index contributed by atoms with van der Waals surface area (Å²) in [7, 11) is -3.39. The monoisotopic (exact) mass is 423 g/mol. The Bertz CT molecular complexity index is 870. The summed E-state index contributed by atoms with van der Waals surface area (Å²) in [6, 6.07) is 4.88. The van der Waals surface area contributed by atoms with Crippen molar-refractivity contribution in [2.24, 2.45) is 0 Å². The Labute approximate surface area is 169 Å². The predicted molar refractivity (Wildman–Crippen MR) is 109 cm³/mol. The van der Waals surface area contributed by atoms with Crippen LogP contribution < -0.4 is 4.90 Å². The van der Waals surface area contributed by atoms with Crippen LogP contribution >= 0.6 is 19.2 Å². The van der Waals surface area contributed by atoms with Crippen molar-refractivity contribution in [1.82, 2.24) is 0 Å². The summed E-state index contributed by atoms with van der Waals surface area (Å²) < 4.78 is 23.1. The van der Waals surface area contributed by atoms with E-state index >= 15 is 0 Å². The normalized spacial score (nSPS) is 17.8. The van der Waals surface area contributed by atoms with E-state index in [4.69, 9.17) is 20.6 Å². The maximum Gasteiger partial charge on any atom is 0.354 e. The number of hydrogen-bond acceptors (Lipinski definition) is 5. The van der Waals surface area contributed by atoms with Crippen molar-refractivity contribution in [3.8, 4) is 0 Å². The van der Waals surface area contributed by atoms with E-state index in [0.717, 1.165) is 12.8 Å². The van der Waals surface area contributed by atoms with Crippen molar-refractivity contribution in [3.63, 3.8) is 0 Å². The third-order valence-corrected chi connectivity index (χ3v) is 6.78. The van der Waals surface area contributed by atoms with E-state index < -0.39 is 7.60 Å². The molecule has 150 valence electrons. The SMILES string of the molecule is CCOP(=O)(/C=C/c1cc(N2C(=O)C3=C(CCCC3)C2=O)ccc1Cl)OCC. The van der Waals surface area contributed by atoms with Gasteiger partial charge in [0, 0.05) is 22.0 Å². The standard InChI is InChI=1S/C20H23ClNO5P/c1-3-26-28(25,27-4-2)12-11-14-13-15(9-10-18(14)21)22-19(23)16-7-5-6-8-17(16)20(22)24/h9-13H,3-8H2,1-2H3/b12-11+. The van der Waals surface area contributed by atoms with Gasteiger partial charge in [-0.05, 0) is 69.4 Å². The minimum absolute atomic E-state index is 0.239. The molecule has 1 aliphatic carbocycles. The summed E-state index contributed by atoms with van der Waals surface area (Å²) in [6.45, 7) is 3.94. The lowest BCUT2D eigenvalue weighted by atomic mass is 9.93. The lowest BCUT2D eigenvalue weighted by Crippen LogP contribution is -2.31. The Morgan fingerprint density at radius 2 is 1.64 bits per heavy atom. The molecular weight excluding hydrogens is 401 g/mol. The molecule has 28 heavy (non-hydrogen) atoms. The van der Waals surface area contributed by atoms with Crippen LogP contribution in [0.4, 0.5) is 5.69 Å². The van der Waals surface area contributed by atoms with E-state index in [1.54, 1.807) is 32.0 Å². The van der Waals surface area contributed by atoms with Crippen molar-refractivity contribution in [1.29, 1.82) is 0 Å². The molecule has 2 aliphatic rings. The van der Waals surface area contributed by atoms with E-state index in [-0.39, 0.29) is 25.0 Å². The number of hydrogen-bond donors (Lipinski definition) is 0. The first-order chi connectivity index (χ1) is 13.4. The van der Waals surface area contributed by atoms with Crippen LogP contribution in [0.15, 0.2) is 35.2 Å². The Hall–Kier alpha value is -1.72. The maximum atomic E-state index is 12.7. The molecule has 0 atom stereocenters. The smallest absolute Gasteiger partial charge is 0.306 e. The molecule has 6 nitrogen and oxygen atoms in total. The number of nitrogens with zero attached hydrogens (tertiary/aromatic N) is 1. The van der Waals surface area contributed by atoms with Crippen molar-refractivity contribution in [3.05, 3.63) is 45.7 Å². The Kier molecular flexibility index (Phi) is 6.56. The van der Waals surface area contributed by atoms with Crippen molar-refractivity contribution < 1.29 is 23.2 Å². The average Bonchev–Trinajstić information content (AvgIpc) is 2.93. The minimum atomic E-state index is -3.39. The average molecular weight is 424 g/mol. The van der Waals surface area contributed by atoms with Gasteiger partial charge in [0.2, 0.25) is 0 Å². The number of benzene rings is 1. The second kappa shape index (κ2) is 8.75. The lowest BCUT2D eigenvalue weighted by molar-refractivity contribution is -0.120. The second-order valence-electron chi connectivity index (χ2n) is 6.51. The molecule has 1 aliphatic heterocycles. The highest BCUT2D eigenvalue weighted by Gasteiger charge is 2.39. The molecule has 0 saturated heterocycles. The molecule has 0 N–H and O–H groups in total. The number of carbonyl (C=O) groups excluding carboxylic acids is 2. The van der Waals surface area contributed by atoms with Gasteiger partial charge in [-0.1, -0.05) is 11.6 Å². The molecule has 0 aromatic heterocycles. The van der Waals surface area contributed by atoms with Crippen LogP contribution in [-0.4, -0.2) is 25.0 Å². The second-order valence-corrected chi connectivity index (χ2v) is 8.81. The number of anilines is 1. The molecule has 8 heteroatoms. The lowest BCUT2D eigenvalue weighted by Gasteiger charge is -2.16. The summed E-state index contributed by atoms with van der Waals surface area (Å²) in [5.74, 6) is 0.833. The van der Waals surface area contributed by atoms with Crippen LogP contribution in [0.5, 0.6) is 0 Å². The number of carbonyl (C=O) groups is 2. The van der Waals surface area contributed by atoms with Gasteiger partial charge in [-0.15, -0.1) is 0 Å². The summed E-state index contributed by atoms with van der Waals surface area (Å²) in [5.41, 5.74) is 2.21. The van der Waals surface area contributed by atoms with Gasteiger partial charge in [0.25, 0.3) is 11.8 Å². The van der Waals surface area contributed by atoms with E-state index in [1.165, 1.54) is 16.8 Å². The molecule has 2 amide bonds. The molecule has 0 bridgehead atoms.